The molecule has 7 heteroatoms. The van der Waals surface area contributed by atoms with E-state index in [2.05, 4.69) is 6.07 Å². The fourth-order valence-corrected chi connectivity index (χ4v) is 7.25. The van der Waals surface area contributed by atoms with Crippen molar-refractivity contribution in [3.05, 3.63) is 143 Å². The zero-order chi connectivity index (χ0) is 33.3. The number of rotatable bonds is 3. The van der Waals surface area contributed by atoms with Crippen LogP contribution in [-0.2, 0) is 6.18 Å². The topological polar surface area (TPSA) is 57.4 Å². The molecule has 48 heavy (non-hydrogen) atoms. The summed E-state index contributed by atoms with van der Waals surface area (Å²) in [6.45, 7) is 4.05. The number of nitrogens with zero attached hydrogens (tertiary/aromatic N) is 4. The van der Waals surface area contributed by atoms with Crippen LogP contribution in [-0.4, -0.2) is 9.13 Å². The first-order valence-electron chi connectivity index (χ1n) is 15.4. The van der Waals surface area contributed by atoms with E-state index in [1.807, 2.05) is 114 Å². The van der Waals surface area contributed by atoms with Crippen LogP contribution in [0.3, 0.4) is 0 Å². The maximum atomic E-state index is 14.7. The van der Waals surface area contributed by atoms with E-state index in [1.54, 1.807) is 12.1 Å². The fraction of sp³-hybridized carbons (Fsp3) is 0.0732. The van der Waals surface area contributed by atoms with Crippen LogP contribution in [0, 0.1) is 36.5 Å². The largest absolute Gasteiger partial charge is 0.417 e. The summed E-state index contributed by atoms with van der Waals surface area (Å²) in [4.78, 5) is 0. The zero-order valence-electron chi connectivity index (χ0n) is 25.9. The maximum Gasteiger partial charge on any atom is 0.417 e. The summed E-state index contributed by atoms with van der Waals surface area (Å²) in [6, 6.07) is 38.9. The molecule has 0 N–H and O–H groups in total. The van der Waals surface area contributed by atoms with Gasteiger partial charge in [-0.2, -0.15) is 23.7 Å². The van der Waals surface area contributed by atoms with Crippen LogP contribution >= 0.6 is 0 Å². The molecule has 0 aliphatic rings. The van der Waals surface area contributed by atoms with Gasteiger partial charge in [-0.3, -0.25) is 0 Å². The highest BCUT2D eigenvalue weighted by atomic mass is 19.4. The lowest BCUT2D eigenvalue weighted by atomic mass is 9.94. The smallest absolute Gasteiger partial charge is 0.308 e. The van der Waals surface area contributed by atoms with Crippen molar-refractivity contribution in [1.29, 1.82) is 10.5 Å². The maximum absolute atomic E-state index is 14.7. The van der Waals surface area contributed by atoms with Gasteiger partial charge in [-0.15, -0.1) is 0 Å². The summed E-state index contributed by atoms with van der Waals surface area (Å²) < 4.78 is 48.1. The van der Waals surface area contributed by atoms with Gasteiger partial charge in [-0.25, -0.2) is 0 Å². The summed E-state index contributed by atoms with van der Waals surface area (Å²) in [5.74, 6) is 0. The molecular formula is C41H25F3N4. The van der Waals surface area contributed by atoms with E-state index in [-0.39, 0.29) is 16.7 Å². The average molecular weight is 631 g/mol. The van der Waals surface area contributed by atoms with Gasteiger partial charge in [0, 0.05) is 21.5 Å². The number of para-hydroxylation sites is 2. The third-order valence-electron chi connectivity index (χ3n) is 9.27. The Morgan fingerprint density at radius 3 is 1.54 bits per heavy atom. The van der Waals surface area contributed by atoms with E-state index in [1.165, 1.54) is 12.1 Å². The van der Waals surface area contributed by atoms with Crippen molar-refractivity contribution >= 4 is 43.6 Å². The molecule has 0 aliphatic carbocycles. The van der Waals surface area contributed by atoms with E-state index in [9.17, 15) is 23.7 Å². The first kappa shape index (κ1) is 29.1. The van der Waals surface area contributed by atoms with E-state index < -0.39 is 11.7 Å². The Morgan fingerprint density at radius 1 is 0.562 bits per heavy atom. The molecule has 0 aliphatic heterocycles. The van der Waals surface area contributed by atoms with Gasteiger partial charge in [-0.1, -0.05) is 66.7 Å². The normalized spacial score (nSPS) is 11.8. The fourth-order valence-electron chi connectivity index (χ4n) is 7.25. The van der Waals surface area contributed by atoms with Gasteiger partial charge in [0.1, 0.15) is 11.6 Å². The standard InChI is InChI=1S/C41H25F3N4/c1-24-9-7-15-35-39(24)29-11-3-5-13-33(29)47(35)37-20-27(28-18-17-26(22-45)19-32(28)41(42,43)44)21-38(31(37)23-46)48-34-14-6-4-12-30(34)40-25(2)10-8-16-36(40)48/h3-21H,1-2H3. The predicted molar refractivity (Wildman–Crippen MR) is 184 cm³/mol. The number of halogens is 3. The van der Waals surface area contributed by atoms with E-state index >= 15 is 0 Å². The summed E-state index contributed by atoms with van der Waals surface area (Å²) in [5.41, 5.74) is 5.83. The van der Waals surface area contributed by atoms with Crippen LogP contribution in [0.2, 0.25) is 0 Å². The molecule has 0 amide bonds. The number of hydrogen-bond donors (Lipinski definition) is 0. The summed E-state index contributed by atoms with van der Waals surface area (Å²) in [6.07, 6.45) is -4.73. The minimum atomic E-state index is -4.73. The summed E-state index contributed by atoms with van der Waals surface area (Å²) in [5, 5.41) is 24.5. The van der Waals surface area contributed by atoms with Crippen LogP contribution in [0.15, 0.2) is 115 Å². The predicted octanol–water partition coefficient (Wildman–Crippen LogP) is 10.9. The van der Waals surface area contributed by atoms with Crippen molar-refractivity contribution in [2.75, 3.05) is 0 Å². The Hall–Kier alpha value is -6.31. The van der Waals surface area contributed by atoms with Crippen molar-refractivity contribution in [3.8, 4) is 34.6 Å². The van der Waals surface area contributed by atoms with Crippen molar-refractivity contribution in [2.45, 2.75) is 20.0 Å². The van der Waals surface area contributed by atoms with E-state index in [0.29, 0.717) is 16.9 Å². The molecule has 4 nitrogen and oxygen atoms in total. The number of fused-ring (bicyclic) bond motifs is 6. The monoisotopic (exact) mass is 630 g/mol. The van der Waals surface area contributed by atoms with Crippen LogP contribution in [0.1, 0.15) is 27.8 Å². The highest BCUT2D eigenvalue weighted by Crippen LogP contribution is 2.43. The zero-order valence-corrected chi connectivity index (χ0v) is 25.9. The van der Waals surface area contributed by atoms with Crippen molar-refractivity contribution < 1.29 is 13.2 Å². The highest BCUT2D eigenvalue weighted by molar-refractivity contribution is 6.12. The Balaban J connectivity index is 1.59. The minimum absolute atomic E-state index is 0.0811. The second-order valence-corrected chi connectivity index (χ2v) is 12.0. The van der Waals surface area contributed by atoms with Crippen LogP contribution < -0.4 is 0 Å². The molecule has 2 heterocycles. The number of hydrogen-bond acceptors (Lipinski definition) is 2. The Labute approximate surface area is 273 Å². The van der Waals surface area contributed by atoms with Crippen molar-refractivity contribution in [1.82, 2.24) is 9.13 Å². The Bertz CT molecular complexity index is 2570. The van der Waals surface area contributed by atoms with Gasteiger partial charge in [0.05, 0.1) is 50.6 Å². The molecule has 0 radical (unpaired) electrons. The molecule has 0 saturated heterocycles. The van der Waals surface area contributed by atoms with Gasteiger partial charge >= 0.3 is 6.18 Å². The van der Waals surface area contributed by atoms with E-state index in [4.69, 9.17) is 0 Å². The first-order valence-corrected chi connectivity index (χ1v) is 15.4. The summed E-state index contributed by atoms with van der Waals surface area (Å²) >= 11 is 0. The molecule has 0 atom stereocenters. The number of aromatic nitrogens is 2. The number of benzene rings is 6. The molecule has 8 rings (SSSR count). The molecule has 0 spiro atoms. The third-order valence-corrected chi connectivity index (χ3v) is 9.27. The highest BCUT2D eigenvalue weighted by Gasteiger charge is 2.35. The SMILES string of the molecule is Cc1cccc2c1c1ccccc1n2-c1cc(-c2ccc(C#N)cc2C(F)(F)F)cc(-n2c3ccccc3c3c(C)cccc32)c1C#N. The van der Waals surface area contributed by atoms with Crippen LogP contribution in [0.25, 0.3) is 66.1 Å². The Morgan fingerprint density at radius 2 is 1.06 bits per heavy atom. The van der Waals surface area contributed by atoms with Gasteiger partial charge in [-0.05, 0) is 84.6 Å². The number of nitriles is 2. The molecule has 2 aromatic heterocycles. The number of aryl methyl sites for hydroxylation is 2. The van der Waals surface area contributed by atoms with Crippen molar-refractivity contribution in [2.24, 2.45) is 0 Å². The molecule has 8 aromatic rings. The lowest BCUT2D eigenvalue weighted by Gasteiger charge is -2.20. The average Bonchev–Trinajstić information content (AvgIpc) is 3.61. The lowest BCUT2D eigenvalue weighted by Crippen LogP contribution is -2.09. The van der Waals surface area contributed by atoms with Gasteiger partial charge in [0.2, 0.25) is 0 Å². The number of alkyl halides is 3. The molecule has 0 bridgehead atoms. The van der Waals surface area contributed by atoms with Crippen molar-refractivity contribution in [3.63, 3.8) is 0 Å². The first-order chi connectivity index (χ1) is 23.2. The van der Waals surface area contributed by atoms with Crippen LogP contribution in [0.4, 0.5) is 13.2 Å². The second-order valence-electron chi connectivity index (χ2n) is 12.0. The van der Waals surface area contributed by atoms with Gasteiger partial charge in [0.15, 0.2) is 0 Å². The molecule has 0 unspecified atom stereocenters. The van der Waals surface area contributed by atoms with Gasteiger partial charge < -0.3 is 9.13 Å². The van der Waals surface area contributed by atoms with E-state index in [0.717, 1.165) is 60.8 Å². The minimum Gasteiger partial charge on any atom is -0.308 e. The van der Waals surface area contributed by atoms with Gasteiger partial charge in [0.25, 0.3) is 0 Å². The summed E-state index contributed by atoms with van der Waals surface area (Å²) in [7, 11) is 0. The molecule has 6 aromatic carbocycles. The molecule has 0 saturated carbocycles. The Kier molecular flexibility index (Phi) is 6.44. The molecule has 230 valence electrons. The lowest BCUT2D eigenvalue weighted by molar-refractivity contribution is -0.137. The quantitative estimate of drug-likeness (QED) is 0.195. The second kappa shape index (κ2) is 10.6. The van der Waals surface area contributed by atoms with Crippen LogP contribution in [0.5, 0.6) is 0 Å². The molecule has 0 fully saturated rings. The third kappa shape index (κ3) is 4.22. The molecular weight excluding hydrogens is 605 g/mol.